The van der Waals surface area contributed by atoms with Crippen LogP contribution in [0, 0.1) is 17.1 Å². The molecule has 4 N–H and O–H groups in total. The molecule has 0 bridgehead atoms. The van der Waals surface area contributed by atoms with Gasteiger partial charge in [-0.2, -0.15) is 5.26 Å². The van der Waals surface area contributed by atoms with Gasteiger partial charge in [0.1, 0.15) is 11.9 Å². The van der Waals surface area contributed by atoms with Gasteiger partial charge in [0.15, 0.2) is 5.78 Å². The lowest BCUT2D eigenvalue weighted by Crippen LogP contribution is -2.15. The molecule has 6 heteroatoms. The second-order valence-corrected chi connectivity index (χ2v) is 5.49. The van der Waals surface area contributed by atoms with Crippen molar-refractivity contribution in [1.82, 2.24) is 0 Å². The third-order valence-corrected chi connectivity index (χ3v) is 3.94. The Labute approximate surface area is 138 Å². The maximum atomic E-state index is 14.7. The topological polar surface area (TPSA) is 92.9 Å². The molecule has 0 amide bonds. The first-order valence-electron chi connectivity index (χ1n) is 6.98. The summed E-state index contributed by atoms with van der Waals surface area (Å²) in [5.41, 5.74) is 12.0. The number of ketones is 1. The minimum absolute atomic E-state index is 0.00474. The van der Waals surface area contributed by atoms with Gasteiger partial charge in [0.25, 0.3) is 0 Å². The van der Waals surface area contributed by atoms with Gasteiger partial charge in [-0.15, -0.1) is 0 Å². The molecule has 2 aromatic rings. The van der Waals surface area contributed by atoms with Gasteiger partial charge in [0, 0.05) is 22.9 Å². The molecule has 0 aliphatic carbocycles. The summed E-state index contributed by atoms with van der Waals surface area (Å²) in [6.45, 7) is 1.82. The third kappa shape index (κ3) is 3.19. The zero-order valence-corrected chi connectivity index (χ0v) is 13.2. The van der Waals surface area contributed by atoms with Gasteiger partial charge in [0.2, 0.25) is 0 Å². The average molecular weight is 332 g/mol. The highest BCUT2D eigenvalue weighted by atomic mass is 35.5. The van der Waals surface area contributed by atoms with Crippen LogP contribution in [0.5, 0.6) is 0 Å². The predicted molar refractivity (Wildman–Crippen MR) is 87.6 cm³/mol. The van der Waals surface area contributed by atoms with E-state index in [-0.39, 0.29) is 33.0 Å². The maximum Gasteiger partial charge on any atom is 0.197 e. The fraction of sp³-hybridized carbons (Fsp3) is 0.176. The maximum absolute atomic E-state index is 14.7. The molecule has 0 aliphatic rings. The second kappa shape index (κ2) is 6.78. The molecule has 0 saturated carbocycles. The fourth-order valence-corrected chi connectivity index (χ4v) is 2.45. The quantitative estimate of drug-likeness (QED) is 0.661. The molecule has 0 spiro atoms. The number of benzene rings is 2. The smallest absolute Gasteiger partial charge is 0.197 e. The van der Waals surface area contributed by atoms with E-state index >= 15 is 0 Å². The minimum Gasteiger partial charge on any atom is -0.398 e. The molecule has 2 rings (SSSR count). The highest BCUT2D eigenvalue weighted by Crippen LogP contribution is 2.29. The number of nitrogens with zero attached hydrogens (tertiary/aromatic N) is 1. The molecule has 23 heavy (non-hydrogen) atoms. The van der Waals surface area contributed by atoms with E-state index in [2.05, 4.69) is 0 Å². The molecular weight excluding hydrogens is 317 g/mol. The first-order chi connectivity index (χ1) is 10.9. The van der Waals surface area contributed by atoms with Gasteiger partial charge in [-0.05, 0) is 30.7 Å². The Balaban J connectivity index is 2.58. The van der Waals surface area contributed by atoms with Crippen LogP contribution in [-0.2, 0) is 0 Å². The first-order valence-corrected chi connectivity index (χ1v) is 7.36. The van der Waals surface area contributed by atoms with Crippen LogP contribution in [0.1, 0.15) is 46.4 Å². The second-order valence-electron chi connectivity index (χ2n) is 5.08. The van der Waals surface area contributed by atoms with E-state index in [1.165, 1.54) is 30.3 Å². The van der Waals surface area contributed by atoms with E-state index in [0.29, 0.717) is 6.42 Å². The number of nitrogens with two attached hydrogens (primary N) is 2. The normalized spacial score (nSPS) is 11.8. The van der Waals surface area contributed by atoms with Crippen LogP contribution in [0.2, 0.25) is 5.02 Å². The summed E-state index contributed by atoms with van der Waals surface area (Å²) in [6, 6.07) is 8.47. The van der Waals surface area contributed by atoms with Gasteiger partial charge >= 0.3 is 0 Å². The summed E-state index contributed by atoms with van der Waals surface area (Å²) >= 11 is 6.01. The number of carbonyl (C=O) groups is 1. The van der Waals surface area contributed by atoms with E-state index in [1.807, 2.05) is 13.0 Å². The molecule has 0 radical (unpaired) electrons. The molecule has 0 aromatic heterocycles. The lowest BCUT2D eigenvalue weighted by atomic mass is 9.95. The number of hydrogen-bond donors (Lipinski definition) is 2. The Morgan fingerprint density at radius 1 is 1.39 bits per heavy atom. The molecule has 0 saturated heterocycles. The van der Waals surface area contributed by atoms with E-state index in [9.17, 15) is 9.18 Å². The fourth-order valence-electron chi connectivity index (χ4n) is 2.22. The van der Waals surface area contributed by atoms with Crippen molar-refractivity contribution in [2.24, 2.45) is 5.73 Å². The molecule has 118 valence electrons. The third-order valence-electron chi connectivity index (χ3n) is 3.62. The van der Waals surface area contributed by atoms with E-state index in [1.54, 1.807) is 0 Å². The van der Waals surface area contributed by atoms with Gasteiger partial charge in [-0.1, -0.05) is 24.6 Å². The van der Waals surface area contributed by atoms with Crippen LogP contribution in [0.4, 0.5) is 10.1 Å². The summed E-state index contributed by atoms with van der Waals surface area (Å²) in [7, 11) is 0. The van der Waals surface area contributed by atoms with E-state index in [0.717, 1.165) is 0 Å². The van der Waals surface area contributed by atoms with E-state index < -0.39 is 17.6 Å². The molecular formula is C17H15ClFN3O. The molecule has 1 atom stereocenters. The lowest BCUT2D eigenvalue weighted by molar-refractivity contribution is 0.103. The van der Waals surface area contributed by atoms with Crippen LogP contribution in [-0.4, -0.2) is 5.78 Å². The van der Waals surface area contributed by atoms with E-state index in [4.69, 9.17) is 28.3 Å². The highest BCUT2D eigenvalue weighted by molar-refractivity contribution is 6.35. The summed E-state index contributed by atoms with van der Waals surface area (Å²) in [6.07, 6.45) is 0.520. The van der Waals surface area contributed by atoms with Crippen LogP contribution in [0.3, 0.4) is 0 Å². The van der Waals surface area contributed by atoms with Crippen molar-refractivity contribution in [3.63, 3.8) is 0 Å². The summed E-state index contributed by atoms with van der Waals surface area (Å²) in [5.74, 6) is -1.35. The van der Waals surface area contributed by atoms with Crippen molar-refractivity contribution in [2.75, 3.05) is 5.73 Å². The van der Waals surface area contributed by atoms with Crippen molar-refractivity contribution in [2.45, 2.75) is 19.4 Å². The SMILES string of the molecule is CC[C@@H](N)c1ccc(Cl)c(C(=O)c2ccc(N)c(C#N)c2)c1F. The standard InChI is InChI=1S/C17H15ClFN3O/c1-2-13(21)11-4-5-12(18)15(16(11)19)17(23)9-3-6-14(22)10(7-9)8-20/h3-7,13H,2,21-22H2,1H3/t13-/m1/s1. The number of rotatable bonds is 4. The molecule has 4 nitrogen and oxygen atoms in total. The van der Waals surface area contributed by atoms with Gasteiger partial charge in [-0.25, -0.2) is 4.39 Å². The number of hydrogen-bond acceptors (Lipinski definition) is 4. The predicted octanol–water partition coefficient (Wildman–Crippen LogP) is 3.57. The number of carbonyl (C=O) groups excluding carboxylic acids is 1. The largest absolute Gasteiger partial charge is 0.398 e. The van der Waals surface area contributed by atoms with Crippen LogP contribution >= 0.6 is 11.6 Å². The monoisotopic (exact) mass is 331 g/mol. The zero-order valence-electron chi connectivity index (χ0n) is 12.4. The van der Waals surface area contributed by atoms with Gasteiger partial charge < -0.3 is 11.5 Å². The van der Waals surface area contributed by atoms with Crippen molar-refractivity contribution in [3.05, 3.63) is 63.4 Å². The van der Waals surface area contributed by atoms with Crippen molar-refractivity contribution < 1.29 is 9.18 Å². The van der Waals surface area contributed by atoms with Crippen LogP contribution in [0.25, 0.3) is 0 Å². The Kier molecular flexibility index (Phi) is 4.99. The molecule has 0 heterocycles. The summed E-state index contributed by atoms with van der Waals surface area (Å²) in [5, 5.41) is 8.99. The molecule has 2 aromatic carbocycles. The molecule has 0 aliphatic heterocycles. The number of nitriles is 1. The average Bonchev–Trinajstić information content (AvgIpc) is 2.54. The van der Waals surface area contributed by atoms with Gasteiger partial charge in [-0.3, -0.25) is 4.79 Å². The summed E-state index contributed by atoms with van der Waals surface area (Å²) in [4.78, 5) is 12.6. The van der Waals surface area contributed by atoms with Crippen LogP contribution in [0.15, 0.2) is 30.3 Å². The number of halogens is 2. The molecule has 0 fully saturated rings. The molecule has 0 unspecified atom stereocenters. The zero-order chi connectivity index (χ0) is 17.1. The lowest BCUT2D eigenvalue weighted by Gasteiger charge is -2.14. The van der Waals surface area contributed by atoms with Crippen LogP contribution < -0.4 is 11.5 Å². The highest BCUT2D eigenvalue weighted by Gasteiger charge is 2.23. The Hall–Kier alpha value is -2.42. The Bertz CT molecular complexity index is 814. The Morgan fingerprint density at radius 2 is 2.09 bits per heavy atom. The van der Waals surface area contributed by atoms with Crippen molar-refractivity contribution >= 4 is 23.1 Å². The van der Waals surface area contributed by atoms with Crippen molar-refractivity contribution in [1.29, 1.82) is 5.26 Å². The minimum atomic E-state index is -0.729. The number of anilines is 1. The number of nitrogen functional groups attached to an aromatic ring is 1. The van der Waals surface area contributed by atoms with Crippen molar-refractivity contribution in [3.8, 4) is 6.07 Å². The Morgan fingerprint density at radius 3 is 2.70 bits per heavy atom. The van der Waals surface area contributed by atoms with Gasteiger partial charge in [0.05, 0.1) is 16.1 Å². The first kappa shape index (κ1) is 16.9. The summed E-state index contributed by atoms with van der Waals surface area (Å²) < 4.78 is 14.7.